The van der Waals surface area contributed by atoms with Crippen molar-refractivity contribution < 1.29 is 4.74 Å². The molecule has 100 valence electrons. The number of benzene rings is 2. The van der Waals surface area contributed by atoms with Gasteiger partial charge in [-0.3, -0.25) is 0 Å². The highest BCUT2D eigenvalue weighted by molar-refractivity contribution is 6.30. The van der Waals surface area contributed by atoms with Gasteiger partial charge in [-0.1, -0.05) is 35.9 Å². The molecule has 2 N–H and O–H groups in total. The zero-order valence-corrected chi connectivity index (χ0v) is 11.3. The first-order valence-corrected chi connectivity index (χ1v) is 6.52. The maximum Gasteiger partial charge on any atom is 0.322 e. The molecule has 0 aliphatic heterocycles. The molecular formula is C15H12ClN3O. The normalized spacial score (nSPS) is 10.7. The van der Waals surface area contributed by atoms with Crippen LogP contribution >= 0.6 is 11.6 Å². The third-order valence-electron chi connectivity index (χ3n) is 2.92. The van der Waals surface area contributed by atoms with Crippen LogP contribution in [-0.2, 0) is 6.54 Å². The third-order valence-corrected chi connectivity index (χ3v) is 3.15. The van der Waals surface area contributed by atoms with Crippen molar-refractivity contribution in [1.29, 1.82) is 0 Å². The fourth-order valence-electron chi connectivity index (χ4n) is 1.89. The van der Waals surface area contributed by atoms with E-state index in [0.29, 0.717) is 17.3 Å². The first-order chi connectivity index (χ1) is 9.76. The molecule has 0 spiro atoms. The topological polar surface area (TPSA) is 61.0 Å². The number of nitrogens with zero attached hydrogens (tertiary/aromatic N) is 2. The van der Waals surface area contributed by atoms with Gasteiger partial charge in [-0.2, -0.15) is 4.98 Å². The maximum atomic E-state index is 5.97. The number of hydrogen-bond acceptors (Lipinski definition) is 4. The van der Waals surface area contributed by atoms with E-state index in [0.717, 1.165) is 16.5 Å². The van der Waals surface area contributed by atoms with Crippen molar-refractivity contribution in [1.82, 2.24) is 9.97 Å². The number of fused-ring (bicyclic) bond motifs is 1. The summed E-state index contributed by atoms with van der Waals surface area (Å²) >= 11 is 5.97. The molecule has 0 saturated heterocycles. The molecule has 0 radical (unpaired) electrons. The summed E-state index contributed by atoms with van der Waals surface area (Å²) in [6.07, 6.45) is 1.73. The largest absolute Gasteiger partial charge is 0.424 e. The lowest BCUT2D eigenvalue weighted by Gasteiger charge is -2.09. The van der Waals surface area contributed by atoms with E-state index in [2.05, 4.69) is 9.97 Å². The van der Waals surface area contributed by atoms with Crippen LogP contribution in [0.1, 0.15) is 5.56 Å². The Morgan fingerprint density at radius 2 is 2.00 bits per heavy atom. The highest BCUT2D eigenvalue weighted by Crippen LogP contribution is 2.27. The monoisotopic (exact) mass is 285 g/mol. The Morgan fingerprint density at radius 3 is 2.85 bits per heavy atom. The molecule has 0 atom stereocenters. The van der Waals surface area contributed by atoms with E-state index in [1.54, 1.807) is 18.3 Å². The van der Waals surface area contributed by atoms with Crippen LogP contribution in [-0.4, -0.2) is 9.97 Å². The van der Waals surface area contributed by atoms with Crippen LogP contribution < -0.4 is 10.5 Å². The van der Waals surface area contributed by atoms with Crippen LogP contribution in [0.4, 0.5) is 0 Å². The molecule has 4 nitrogen and oxygen atoms in total. The molecule has 3 aromatic rings. The Morgan fingerprint density at radius 1 is 1.15 bits per heavy atom. The van der Waals surface area contributed by atoms with E-state index >= 15 is 0 Å². The molecule has 0 amide bonds. The molecule has 1 heterocycles. The van der Waals surface area contributed by atoms with Crippen molar-refractivity contribution in [2.45, 2.75) is 6.54 Å². The summed E-state index contributed by atoms with van der Waals surface area (Å²) in [6, 6.07) is 13.3. The average molecular weight is 286 g/mol. The van der Waals surface area contributed by atoms with Crippen LogP contribution in [0.25, 0.3) is 10.9 Å². The first kappa shape index (κ1) is 12.8. The van der Waals surface area contributed by atoms with Gasteiger partial charge in [0.15, 0.2) is 0 Å². The van der Waals surface area contributed by atoms with E-state index < -0.39 is 0 Å². The zero-order chi connectivity index (χ0) is 13.9. The average Bonchev–Trinajstić information content (AvgIpc) is 2.47. The van der Waals surface area contributed by atoms with Gasteiger partial charge >= 0.3 is 6.01 Å². The van der Waals surface area contributed by atoms with Crippen LogP contribution in [0.3, 0.4) is 0 Å². The number of nitrogens with two attached hydrogens (primary N) is 1. The van der Waals surface area contributed by atoms with Crippen molar-refractivity contribution in [2.24, 2.45) is 5.73 Å². The van der Waals surface area contributed by atoms with Crippen LogP contribution in [0, 0.1) is 0 Å². The lowest BCUT2D eigenvalue weighted by atomic mass is 10.2. The van der Waals surface area contributed by atoms with Gasteiger partial charge in [-0.15, -0.1) is 0 Å². The van der Waals surface area contributed by atoms with Crippen molar-refractivity contribution in [3.63, 3.8) is 0 Å². The van der Waals surface area contributed by atoms with Gasteiger partial charge in [0, 0.05) is 28.7 Å². The van der Waals surface area contributed by atoms with Crippen LogP contribution in [0.15, 0.2) is 48.7 Å². The molecule has 0 aliphatic carbocycles. The molecule has 0 fully saturated rings. The maximum absolute atomic E-state index is 5.97. The van der Waals surface area contributed by atoms with Crippen LogP contribution in [0.2, 0.25) is 5.02 Å². The summed E-state index contributed by atoms with van der Waals surface area (Å²) in [4.78, 5) is 8.55. The number of ether oxygens (including phenoxy) is 1. The Balaban J connectivity index is 1.98. The smallest absolute Gasteiger partial charge is 0.322 e. The Bertz CT molecular complexity index is 761. The summed E-state index contributed by atoms with van der Waals surface area (Å²) in [5.74, 6) is 0.579. The number of aromatic nitrogens is 2. The molecule has 3 rings (SSSR count). The molecular weight excluding hydrogens is 274 g/mol. The third kappa shape index (κ3) is 2.57. The van der Waals surface area contributed by atoms with Gasteiger partial charge in [0.05, 0.1) is 5.52 Å². The molecule has 0 unspecified atom stereocenters. The summed E-state index contributed by atoms with van der Waals surface area (Å²) < 4.78 is 5.70. The fraction of sp³-hybridized carbons (Fsp3) is 0.0667. The highest BCUT2D eigenvalue weighted by Gasteiger charge is 2.07. The van der Waals surface area contributed by atoms with E-state index in [-0.39, 0.29) is 6.01 Å². The Kier molecular flexibility index (Phi) is 3.50. The van der Waals surface area contributed by atoms with E-state index in [1.165, 1.54) is 0 Å². The lowest BCUT2D eigenvalue weighted by molar-refractivity contribution is 0.439. The minimum absolute atomic E-state index is 0.278. The van der Waals surface area contributed by atoms with E-state index in [9.17, 15) is 0 Å². The highest BCUT2D eigenvalue weighted by atomic mass is 35.5. The second-order valence-corrected chi connectivity index (χ2v) is 4.71. The quantitative estimate of drug-likeness (QED) is 0.799. The summed E-state index contributed by atoms with van der Waals surface area (Å²) in [7, 11) is 0. The van der Waals surface area contributed by atoms with E-state index in [1.807, 2.05) is 30.3 Å². The van der Waals surface area contributed by atoms with Crippen molar-refractivity contribution in [2.75, 3.05) is 0 Å². The van der Waals surface area contributed by atoms with Gasteiger partial charge in [0.2, 0.25) is 0 Å². The molecule has 0 aliphatic rings. The van der Waals surface area contributed by atoms with Gasteiger partial charge in [-0.05, 0) is 18.2 Å². The number of hydrogen-bond donors (Lipinski definition) is 1. The minimum Gasteiger partial charge on any atom is -0.424 e. The van der Waals surface area contributed by atoms with Gasteiger partial charge in [-0.25, -0.2) is 4.98 Å². The van der Waals surface area contributed by atoms with Gasteiger partial charge in [0.25, 0.3) is 0 Å². The number of rotatable bonds is 3. The number of para-hydroxylation sites is 1. The minimum atomic E-state index is 0.278. The van der Waals surface area contributed by atoms with E-state index in [4.69, 9.17) is 22.1 Å². The van der Waals surface area contributed by atoms with Crippen LogP contribution in [0.5, 0.6) is 11.8 Å². The zero-order valence-electron chi connectivity index (χ0n) is 10.6. The standard InChI is InChI=1S/C15H12ClN3O/c16-12-6-5-10(8-17)14(7-12)20-15-18-9-11-3-1-2-4-13(11)19-15/h1-7,9H,8,17H2. The van der Waals surface area contributed by atoms with Gasteiger partial charge in [0.1, 0.15) is 5.75 Å². The van der Waals surface area contributed by atoms with Gasteiger partial charge < -0.3 is 10.5 Å². The molecule has 5 heteroatoms. The molecule has 0 saturated carbocycles. The Labute approximate surface area is 121 Å². The van der Waals surface area contributed by atoms with Crippen molar-refractivity contribution >= 4 is 22.5 Å². The molecule has 0 bridgehead atoms. The lowest BCUT2D eigenvalue weighted by Crippen LogP contribution is -2.00. The summed E-state index contributed by atoms with van der Waals surface area (Å²) in [5.41, 5.74) is 7.36. The predicted molar refractivity (Wildman–Crippen MR) is 79.0 cm³/mol. The predicted octanol–water partition coefficient (Wildman–Crippen LogP) is 3.53. The second kappa shape index (κ2) is 5.45. The summed E-state index contributed by atoms with van der Waals surface area (Å²) in [6.45, 7) is 0.361. The SMILES string of the molecule is NCc1ccc(Cl)cc1Oc1ncc2ccccc2n1. The molecule has 1 aromatic heterocycles. The first-order valence-electron chi connectivity index (χ1n) is 6.14. The number of halogens is 1. The fourth-order valence-corrected chi connectivity index (χ4v) is 2.06. The van der Waals surface area contributed by atoms with Crippen molar-refractivity contribution in [3.8, 4) is 11.8 Å². The molecule has 2 aromatic carbocycles. The summed E-state index contributed by atoms with van der Waals surface area (Å²) in [5, 5.41) is 1.54. The molecule has 20 heavy (non-hydrogen) atoms. The Hall–Kier alpha value is -2.17. The van der Waals surface area contributed by atoms with Crippen molar-refractivity contribution in [3.05, 3.63) is 59.2 Å². The second-order valence-electron chi connectivity index (χ2n) is 4.27.